The lowest BCUT2D eigenvalue weighted by Crippen LogP contribution is -2.60. The predicted molar refractivity (Wildman–Crippen MR) is 165 cm³/mol. The van der Waals surface area contributed by atoms with Crippen molar-refractivity contribution < 1.29 is 18.0 Å². The van der Waals surface area contributed by atoms with Crippen LogP contribution in [0.15, 0.2) is 30.3 Å². The Hall–Kier alpha value is -2.23. The number of benzene rings is 1. The summed E-state index contributed by atoms with van der Waals surface area (Å²) in [7, 11) is 8.37. The number of alkyl halides is 3. The van der Waals surface area contributed by atoms with E-state index in [0.29, 0.717) is 17.3 Å². The fourth-order valence-corrected chi connectivity index (χ4v) is 7.36. The van der Waals surface area contributed by atoms with Crippen LogP contribution in [0.1, 0.15) is 95.1 Å². The zero-order chi connectivity index (χ0) is 31.5. The maximum absolute atomic E-state index is 13.4. The number of para-hydroxylation sites is 1. The molecule has 2 aliphatic carbocycles. The Morgan fingerprint density at radius 3 is 1.83 bits per heavy atom. The van der Waals surface area contributed by atoms with Crippen molar-refractivity contribution in [3.05, 3.63) is 41.6 Å². The summed E-state index contributed by atoms with van der Waals surface area (Å²) in [6.45, 7) is 8.54. The quantitative estimate of drug-likeness (QED) is 0.356. The highest BCUT2D eigenvalue weighted by atomic mass is 19.4. The first-order valence-electron chi connectivity index (χ1n) is 15.4. The largest absolute Gasteiger partial charge is 0.433 e. The molecule has 0 radical (unpaired) electrons. The molecule has 6 nitrogen and oxygen atoms in total. The zero-order valence-electron chi connectivity index (χ0n) is 26.8. The molecule has 2 saturated carbocycles. The number of amides is 1. The van der Waals surface area contributed by atoms with Crippen LogP contribution >= 0.6 is 0 Å². The second-order valence-electron chi connectivity index (χ2n) is 13.4. The summed E-state index contributed by atoms with van der Waals surface area (Å²) in [6, 6.07) is 7.48. The van der Waals surface area contributed by atoms with Crippen molar-refractivity contribution >= 4 is 16.8 Å². The maximum atomic E-state index is 13.4. The number of likely N-dealkylation sites (N-methyl/N-ethyl adjacent to an activating group) is 2. The Bertz CT molecular complexity index is 1180. The summed E-state index contributed by atoms with van der Waals surface area (Å²) in [4.78, 5) is 21.5. The number of aromatic nitrogens is 1. The smallest absolute Gasteiger partial charge is 0.347 e. The Kier molecular flexibility index (Phi) is 11.1. The number of hydrogen-bond acceptors (Lipinski definition) is 5. The van der Waals surface area contributed by atoms with Crippen LogP contribution < -0.4 is 11.1 Å². The number of carbonyl (C=O) groups excluding carboxylic acids is 1. The first kappa shape index (κ1) is 34.3. The average molecular weight is 592 g/mol. The van der Waals surface area contributed by atoms with E-state index in [0.717, 1.165) is 31.7 Å². The minimum atomic E-state index is -4.62. The Labute approximate surface area is 250 Å². The Morgan fingerprint density at radius 1 is 0.881 bits per heavy atom. The second-order valence-corrected chi connectivity index (χ2v) is 13.4. The molecule has 1 aromatic heterocycles. The number of nitrogens with zero attached hydrogens (tertiary/aromatic N) is 3. The van der Waals surface area contributed by atoms with E-state index in [9.17, 15) is 18.0 Å². The van der Waals surface area contributed by atoms with E-state index in [1.165, 1.54) is 31.7 Å². The van der Waals surface area contributed by atoms with E-state index in [-0.39, 0.29) is 34.1 Å². The lowest BCUT2D eigenvalue weighted by Gasteiger charge is -2.45. The van der Waals surface area contributed by atoms with Gasteiger partial charge < -0.3 is 20.9 Å². The van der Waals surface area contributed by atoms with Crippen molar-refractivity contribution in [2.24, 2.45) is 17.6 Å². The van der Waals surface area contributed by atoms with E-state index >= 15 is 0 Å². The number of nitrogens with one attached hydrogen (secondary N) is 1. The lowest BCUT2D eigenvalue weighted by atomic mass is 9.80. The van der Waals surface area contributed by atoms with E-state index in [1.807, 2.05) is 27.9 Å². The SMILES string of the molecule is CC(C)C(N)C1(N(C)C)CCCC1.CC(C)C(NC(=O)c1cc(C(F)(F)F)nc2ccccc12)C1(N(C)C)CCCC1. The van der Waals surface area contributed by atoms with E-state index in [4.69, 9.17) is 5.73 Å². The average Bonchev–Trinajstić information content (AvgIpc) is 3.62. The van der Waals surface area contributed by atoms with Gasteiger partial charge in [0.2, 0.25) is 0 Å². The first-order valence-corrected chi connectivity index (χ1v) is 15.4. The van der Waals surface area contributed by atoms with Gasteiger partial charge in [-0.25, -0.2) is 4.98 Å². The highest BCUT2D eigenvalue weighted by Crippen LogP contribution is 2.40. The highest BCUT2D eigenvalue weighted by molar-refractivity contribution is 6.06. The van der Waals surface area contributed by atoms with Crippen LogP contribution in [0, 0.1) is 11.8 Å². The van der Waals surface area contributed by atoms with Crippen LogP contribution in [0.5, 0.6) is 0 Å². The number of rotatable bonds is 8. The third-order valence-corrected chi connectivity index (χ3v) is 9.84. The molecule has 0 spiro atoms. The van der Waals surface area contributed by atoms with Crippen molar-refractivity contribution in [3.63, 3.8) is 0 Å². The number of hydrogen-bond donors (Lipinski definition) is 2. The molecule has 4 rings (SSSR count). The van der Waals surface area contributed by atoms with Crippen LogP contribution in [-0.2, 0) is 6.18 Å². The molecule has 2 fully saturated rings. The van der Waals surface area contributed by atoms with Gasteiger partial charge in [0.15, 0.2) is 0 Å². The first-order chi connectivity index (χ1) is 19.6. The van der Waals surface area contributed by atoms with Crippen molar-refractivity contribution in [2.45, 2.75) is 108 Å². The lowest BCUT2D eigenvalue weighted by molar-refractivity contribution is -0.141. The minimum Gasteiger partial charge on any atom is -0.347 e. The van der Waals surface area contributed by atoms with Crippen molar-refractivity contribution in [3.8, 4) is 0 Å². The van der Waals surface area contributed by atoms with E-state index < -0.39 is 17.8 Å². The van der Waals surface area contributed by atoms with Gasteiger partial charge in [0.25, 0.3) is 5.91 Å². The van der Waals surface area contributed by atoms with Gasteiger partial charge in [-0.05, 0) is 77.8 Å². The van der Waals surface area contributed by atoms with Crippen LogP contribution in [0.3, 0.4) is 0 Å². The Morgan fingerprint density at radius 2 is 1.38 bits per heavy atom. The van der Waals surface area contributed by atoms with Gasteiger partial charge in [-0.1, -0.05) is 71.6 Å². The van der Waals surface area contributed by atoms with Crippen LogP contribution in [0.4, 0.5) is 13.2 Å². The molecule has 0 aliphatic heterocycles. The standard InChI is InChI=1S/C22H28F3N3O.C11H24N2/c1-14(2)19(21(28(3)4)11-7-8-12-21)27-20(29)16-13-18(22(23,24)25)26-17-10-6-5-9-15(16)17;1-9(2)10(12)11(13(3)4)7-5-6-8-11/h5-6,9-10,13-14,19H,7-8,11-12H2,1-4H3,(H,27,29);9-10H,5-8,12H2,1-4H3. The van der Waals surface area contributed by atoms with Gasteiger partial charge in [-0.2, -0.15) is 13.2 Å². The topological polar surface area (TPSA) is 74.5 Å². The van der Waals surface area contributed by atoms with Gasteiger partial charge >= 0.3 is 6.18 Å². The number of fused-ring (bicyclic) bond motifs is 1. The molecule has 3 N–H and O–H groups in total. The van der Waals surface area contributed by atoms with Gasteiger partial charge in [0.1, 0.15) is 5.69 Å². The van der Waals surface area contributed by atoms with Gasteiger partial charge in [0, 0.05) is 28.5 Å². The number of nitrogens with two attached hydrogens (primary N) is 1. The van der Waals surface area contributed by atoms with Gasteiger partial charge in [-0.15, -0.1) is 0 Å². The molecule has 0 bridgehead atoms. The minimum absolute atomic E-state index is 0.0143. The van der Waals surface area contributed by atoms with E-state index in [2.05, 4.69) is 48.0 Å². The molecular formula is C33H52F3N5O. The van der Waals surface area contributed by atoms with Crippen molar-refractivity contribution in [1.82, 2.24) is 20.1 Å². The normalized spacial score (nSPS) is 19.8. The molecule has 2 unspecified atom stereocenters. The molecule has 9 heteroatoms. The van der Waals surface area contributed by atoms with Crippen LogP contribution in [0.2, 0.25) is 0 Å². The summed E-state index contributed by atoms with van der Waals surface area (Å²) in [5.41, 5.74) is 5.53. The van der Waals surface area contributed by atoms with Crippen molar-refractivity contribution in [1.29, 1.82) is 0 Å². The fourth-order valence-electron chi connectivity index (χ4n) is 7.36. The fraction of sp³-hybridized carbons (Fsp3) is 0.697. The van der Waals surface area contributed by atoms with E-state index in [1.54, 1.807) is 18.2 Å². The molecule has 1 heterocycles. The number of halogens is 3. The summed E-state index contributed by atoms with van der Waals surface area (Å²) >= 11 is 0. The summed E-state index contributed by atoms with van der Waals surface area (Å²) < 4.78 is 40.1. The molecule has 1 amide bonds. The molecule has 2 aliphatic rings. The Balaban J connectivity index is 0.000000312. The van der Waals surface area contributed by atoms with Crippen molar-refractivity contribution in [2.75, 3.05) is 28.2 Å². The molecule has 0 saturated heterocycles. The summed E-state index contributed by atoms with van der Waals surface area (Å²) in [5, 5.41) is 3.51. The summed E-state index contributed by atoms with van der Waals surface area (Å²) in [6.07, 6.45) is 4.69. The second kappa shape index (κ2) is 13.6. The molecule has 1 aromatic carbocycles. The molecule has 2 atom stereocenters. The molecule has 236 valence electrons. The zero-order valence-corrected chi connectivity index (χ0v) is 26.8. The maximum Gasteiger partial charge on any atom is 0.433 e. The third-order valence-electron chi connectivity index (χ3n) is 9.84. The van der Waals surface area contributed by atoms with Crippen LogP contribution in [0.25, 0.3) is 10.9 Å². The monoisotopic (exact) mass is 591 g/mol. The van der Waals surface area contributed by atoms with Crippen LogP contribution in [-0.4, -0.2) is 72.0 Å². The highest BCUT2D eigenvalue weighted by Gasteiger charge is 2.46. The molecule has 42 heavy (non-hydrogen) atoms. The molecular weight excluding hydrogens is 539 g/mol. The third kappa shape index (κ3) is 7.11. The van der Waals surface area contributed by atoms with Gasteiger partial charge in [0.05, 0.1) is 11.1 Å². The number of carbonyl (C=O) groups is 1. The molecule has 2 aromatic rings. The predicted octanol–water partition coefficient (Wildman–Crippen LogP) is 6.73. The summed E-state index contributed by atoms with van der Waals surface area (Å²) in [5.74, 6) is 0.232. The van der Waals surface area contributed by atoms with Gasteiger partial charge in [-0.3, -0.25) is 4.79 Å². The number of pyridine rings is 1.